The van der Waals surface area contributed by atoms with Gasteiger partial charge in [-0.3, -0.25) is 0 Å². The maximum Gasteiger partial charge on any atom is 0.339 e. The molecule has 0 radical (unpaired) electrons. The lowest BCUT2D eigenvalue weighted by atomic mass is 10.0. The van der Waals surface area contributed by atoms with E-state index in [0.29, 0.717) is 22.1 Å². The molecule has 1 aromatic heterocycles. The molecule has 0 aliphatic heterocycles. The molecule has 1 atom stereocenters. The average Bonchev–Trinajstić information content (AvgIpc) is 2.70. The first kappa shape index (κ1) is 23.7. The van der Waals surface area contributed by atoms with E-state index < -0.39 is 27.7 Å². The van der Waals surface area contributed by atoms with Crippen molar-refractivity contribution in [1.29, 1.82) is 0 Å². The van der Waals surface area contributed by atoms with Crippen LogP contribution in [-0.2, 0) is 14.8 Å². The van der Waals surface area contributed by atoms with Crippen LogP contribution in [0.3, 0.4) is 0 Å². The SMILES string of the molecule is Cc1ccc(S(=O)(=O)N[C@@H](C(=O)Oc2cc(C)cc3oc(=O)c(C)c(C)c23)C(C)C)cc1. The largest absolute Gasteiger partial charge is 0.425 e. The zero-order valence-electron chi connectivity index (χ0n) is 19.0. The fourth-order valence-electron chi connectivity index (χ4n) is 3.35. The van der Waals surface area contributed by atoms with Gasteiger partial charge in [-0.2, -0.15) is 4.72 Å². The van der Waals surface area contributed by atoms with Gasteiger partial charge in [-0.15, -0.1) is 0 Å². The van der Waals surface area contributed by atoms with Crippen molar-refractivity contribution in [3.63, 3.8) is 0 Å². The molecule has 0 fully saturated rings. The fourth-order valence-corrected chi connectivity index (χ4v) is 4.68. The number of esters is 1. The maximum atomic E-state index is 13.1. The summed E-state index contributed by atoms with van der Waals surface area (Å²) in [5.41, 5.74) is 2.56. The Labute approximate surface area is 187 Å². The van der Waals surface area contributed by atoms with Crippen LogP contribution in [0.1, 0.15) is 36.1 Å². The Morgan fingerprint density at radius 3 is 2.19 bits per heavy atom. The Morgan fingerprint density at radius 2 is 1.59 bits per heavy atom. The van der Waals surface area contributed by atoms with Gasteiger partial charge in [-0.1, -0.05) is 31.5 Å². The third kappa shape index (κ3) is 4.76. The molecule has 1 heterocycles. The van der Waals surface area contributed by atoms with E-state index in [1.54, 1.807) is 58.9 Å². The number of carbonyl (C=O) groups is 1. The highest BCUT2D eigenvalue weighted by atomic mass is 32.2. The van der Waals surface area contributed by atoms with E-state index in [4.69, 9.17) is 9.15 Å². The summed E-state index contributed by atoms with van der Waals surface area (Å²) in [6, 6.07) is 8.60. The van der Waals surface area contributed by atoms with Gasteiger partial charge in [0.15, 0.2) is 0 Å². The summed E-state index contributed by atoms with van der Waals surface area (Å²) < 4.78 is 39.2. The minimum absolute atomic E-state index is 0.0656. The van der Waals surface area contributed by atoms with Gasteiger partial charge in [0.1, 0.15) is 17.4 Å². The molecule has 2 aromatic carbocycles. The number of carbonyl (C=O) groups excluding carboxylic acids is 1. The second kappa shape index (κ2) is 8.88. The summed E-state index contributed by atoms with van der Waals surface area (Å²) in [5.74, 6) is -0.903. The summed E-state index contributed by atoms with van der Waals surface area (Å²) in [4.78, 5) is 25.2. The third-order valence-electron chi connectivity index (χ3n) is 5.40. The topological polar surface area (TPSA) is 103 Å². The number of rotatable bonds is 6. The van der Waals surface area contributed by atoms with Crippen LogP contribution in [0.4, 0.5) is 0 Å². The molecule has 8 heteroatoms. The number of hydrogen-bond acceptors (Lipinski definition) is 6. The lowest BCUT2D eigenvalue weighted by Gasteiger charge is -2.21. The molecule has 0 aliphatic rings. The summed E-state index contributed by atoms with van der Waals surface area (Å²) in [6.45, 7) is 10.5. The molecule has 0 saturated carbocycles. The molecule has 0 amide bonds. The van der Waals surface area contributed by atoms with Crippen molar-refractivity contribution >= 4 is 27.0 Å². The predicted octanol–water partition coefficient (Wildman–Crippen LogP) is 3.94. The highest BCUT2D eigenvalue weighted by Crippen LogP contribution is 2.31. The van der Waals surface area contributed by atoms with Crippen molar-refractivity contribution in [2.24, 2.45) is 5.92 Å². The van der Waals surface area contributed by atoms with Crippen molar-refractivity contribution in [3.05, 3.63) is 69.1 Å². The number of fused-ring (bicyclic) bond motifs is 1. The molecule has 0 saturated heterocycles. The fraction of sp³-hybridized carbons (Fsp3) is 0.333. The van der Waals surface area contributed by atoms with E-state index in [-0.39, 0.29) is 16.6 Å². The van der Waals surface area contributed by atoms with E-state index in [1.807, 2.05) is 6.92 Å². The number of sulfonamides is 1. The molecular weight excluding hydrogens is 430 g/mol. The summed E-state index contributed by atoms with van der Waals surface area (Å²) in [5, 5.41) is 0.505. The normalized spacial score (nSPS) is 12.8. The number of ether oxygens (including phenoxy) is 1. The van der Waals surface area contributed by atoms with Gasteiger partial charge in [-0.25, -0.2) is 18.0 Å². The van der Waals surface area contributed by atoms with Crippen LogP contribution in [0.25, 0.3) is 11.0 Å². The van der Waals surface area contributed by atoms with Crippen molar-refractivity contribution in [2.75, 3.05) is 0 Å². The molecule has 3 rings (SSSR count). The zero-order valence-corrected chi connectivity index (χ0v) is 19.8. The number of aryl methyl sites for hydroxylation is 3. The highest BCUT2D eigenvalue weighted by Gasteiger charge is 2.31. The highest BCUT2D eigenvalue weighted by molar-refractivity contribution is 7.89. The second-order valence-corrected chi connectivity index (χ2v) is 10.1. The Hall–Kier alpha value is -2.97. The Bertz CT molecular complexity index is 1340. The molecule has 0 spiro atoms. The van der Waals surface area contributed by atoms with E-state index in [2.05, 4.69) is 4.72 Å². The maximum absolute atomic E-state index is 13.1. The lowest BCUT2D eigenvalue weighted by Crippen LogP contribution is -2.46. The molecular formula is C24H27NO6S. The molecule has 3 aromatic rings. The van der Waals surface area contributed by atoms with Gasteiger partial charge in [0.05, 0.1) is 10.3 Å². The molecule has 0 bridgehead atoms. The second-order valence-electron chi connectivity index (χ2n) is 8.35. The molecule has 32 heavy (non-hydrogen) atoms. The minimum Gasteiger partial charge on any atom is -0.425 e. The van der Waals surface area contributed by atoms with Crippen molar-refractivity contribution in [1.82, 2.24) is 4.72 Å². The Balaban J connectivity index is 1.98. The predicted molar refractivity (Wildman–Crippen MR) is 122 cm³/mol. The van der Waals surface area contributed by atoms with Crippen LogP contribution in [-0.4, -0.2) is 20.4 Å². The quantitative estimate of drug-likeness (QED) is 0.342. The van der Waals surface area contributed by atoms with Crippen molar-refractivity contribution in [2.45, 2.75) is 52.5 Å². The van der Waals surface area contributed by atoms with Crippen LogP contribution in [0.15, 0.2) is 50.5 Å². The first-order valence-electron chi connectivity index (χ1n) is 10.3. The van der Waals surface area contributed by atoms with E-state index in [0.717, 1.165) is 11.1 Å². The third-order valence-corrected chi connectivity index (χ3v) is 6.86. The summed E-state index contributed by atoms with van der Waals surface area (Å²) in [7, 11) is -3.94. The van der Waals surface area contributed by atoms with E-state index in [1.165, 1.54) is 12.1 Å². The van der Waals surface area contributed by atoms with Crippen LogP contribution in [0.5, 0.6) is 5.75 Å². The zero-order chi connectivity index (χ0) is 23.8. The van der Waals surface area contributed by atoms with Gasteiger partial charge >= 0.3 is 11.6 Å². The first-order valence-corrected chi connectivity index (χ1v) is 11.7. The van der Waals surface area contributed by atoms with Crippen LogP contribution in [0, 0.1) is 33.6 Å². The first-order chi connectivity index (χ1) is 14.9. The minimum atomic E-state index is -3.94. The number of benzene rings is 2. The number of nitrogens with one attached hydrogen (secondary N) is 1. The summed E-state index contributed by atoms with van der Waals surface area (Å²) >= 11 is 0. The van der Waals surface area contributed by atoms with Gasteiger partial charge in [0.25, 0.3) is 0 Å². The molecule has 1 N–H and O–H groups in total. The molecule has 0 unspecified atom stereocenters. The van der Waals surface area contributed by atoms with E-state index in [9.17, 15) is 18.0 Å². The van der Waals surface area contributed by atoms with E-state index >= 15 is 0 Å². The van der Waals surface area contributed by atoms with Crippen LogP contribution >= 0.6 is 0 Å². The van der Waals surface area contributed by atoms with Crippen molar-refractivity contribution in [3.8, 4) is 5.75 Å². The Kier molecular flexibility index (Phi) is 6.57. The Morgan fingerprint density at radius 1 is 0.969 bits per heavy atom. The smallest absolute Gasteiger partial charge is 0.339 e. The van der Waals surface area contributed by atoms with Crippen LogP contribution < -0.4 is 15.1 Å². The monoisotopic (exact) mass is 457 g/mol. The molecule has 7 nitrogen and oxygen atoms in total. The number of hydrogen-bond donors (Lipinski definition) is 1. The lowest BCUT2D eigenvalue weighted by molar-refractivity contribution is -0.137. The van der Waals surface area contributed by atoms with Gasteiger partial charge in [0, 0.05) is 5.56 Å². The van der Waals surface area contributed by atoms with Gasteiger partial charge in [-0.05, 0) is 69.0 Å². The average molecular weight is 458 g/mol. The van der Waals surface area contributed by atoms with Gasteiger partial charge in [0.2, 0.25) is 10.0 Å². The van der Waals surface area contributed by atoms with Crippen molar-refractivity contribution < 1.29 is 22.4 Å². The van der Waals surface area contributed by atoms with Crippen LogP contribution in [0.2, 0.25) is 0 Å². The molecule has 0 aliphatic carbocycles. The van der Waals surface area contributed by atoms with Gasteiger partial charge < -0.3 is 9.15 Å². The standard InChI is InChI=1S/C24H27NO6S/c1-13(2)22(25-32(28,29)18-9-7-14(3)8-10-18)24(27)31-20-12-15(4)11-19-21(20)16(5)17(6)23(26)30-19/h7-13,22,25H,1-6H3/t22-/m1/s1. The summed E-state index contributed by atoms with van der Waals surface area (Å²) in [6.07, 6.45) is 0. The molecule has 170 valence electrons.